The molecular formula is C19H27N3O2S. The monoisotopic (exact) mass is 361 g/mol. The molecular weight excluding hydrogens is 334 g/mol. The Bertz CT molecular complexity index is 605. The van der Waals surface area contributed by atoms with Gasteiger partial charge in [-0.1, -0.05) is 24.1 Å². The van der Waals surface area contributed by atoms with E-state index in [4.69, 9.17) is 0 Å². The van der Waals surface area contributed by atoms with Gasteiger partial charge in [0.25, 0.3) is 0 Å². The first-order valence-electron chi connectivity index (χ1n) is 9.09. The van der Waals surface area contributed by atoms with E-state index >= 15 is 0 Å². The lowest BCUT2D eigenvalue weighted by atomic mass is 9.99. The van der Waals surface area contributed by atoms with Gasteiger partial charge in [0.05, 0.1) is 11.5 Å². The van der Waals surface area contributed by atoms with E-state index in [9.17, 15) is 9.59 Å². The van der Waals surface area contributed by atoms with Crippen LogP contribution in [0.4, 0.5) is 5.69 Å². The van der Waals surface area contributed by atoms with Crippen LogP contribution in [0, 0.1) is 6.92 Å². The largest absolute Gasteiger partial charge is 0.351 e. The molecule has 0 spiro atoms. The van der Waals surface area contributed by atoms with Gasteiger partial charge < -0.3 is 10.6 Å². The maximum atomic E-state index is 12.2. The maximum Gasteiger partial charge on any atom is 0.234 e. The first-order valence-corrected chi connectivity index (χ1v) is 10.2. The number of fused-ring (bicyclic) bond motifs is 1. The van der Waals surface area contributed by atoms with E-state index in [-0.39, 0.29) is 17.9 Å². The second kappa shape index (κ2) is 8.72. The number of anilines is 1. The Morgan fingerprint density at radius 3 is 2.64 bits per heavy atom. The number of hydrogen-bond acceptors (Lipinski definition) is 4. The zero-order valence-electron chi connectivity index (χ0n) is 14.8. The molecule has 2 N–H and O–H groups in total. The number of rotatable bonds is 6. The second-order valence-electron chi connectivity index (χ2n) is 6.97. The molecule has 2 saturated heterocycles. The number of aryl methyl sites for hydroxylation is 1. The number of nitrogens with one attached hydrogen (secondary N) is 2. The summed E-state index contributed by atoms with van der Waals surface area (Å²) in [4.78, 5) is 26.6. The predicted molar refractivity (Wildman–Crippen MR) is 103 cm³/mol. The zero-order valence-corrected chi connectivity index (χ0v) is 15.6. The highest BCUT2D eigenvalue weighted by molar-refractivity contribution is 8.00. The normalized spacial score (nSPS) is 23.1. The average Bonchev–Trinajstić information content (AvgIpc) is 3.00. The first kappa shape index (κ1) is 18.3. The topological polar surface area (TPSA) is 61.4 Å². The Balaban J connectivity index is 1.35. The van der Waals surface area contributed by atoms with E-state index in [0.29, 0.717) is 17.5 Å². The molecule has 3 rings (SSSR count). The number of carbonyl (C=O) groups is 2. The summed E-state index contributed by atoms with van der Waals surface area (Å²) < 4.78 is 0. The molecule has 2 fully saturated rings. The van der Waals surface area contributed by atoms with E-state index in [0.717, 1.165) is 24.2 Å². The minimum Gasteiger partial charge on any atom is -0.351 e. The van der Waals surface area contributed by atoms with Crippen molar-refractivity contribution in [1.82, 2.24) is 10.2 Å². The van der Waals surface area contributed by atoms with Crippen LogP contribution in [-0.2, 0) is 9.59 Å². The summed E-state index contributed by atoms with van der Waals surface area (Å²) in [5.74, 6) is 0.609. The van der Waals surface area contributed by atoms with Crippen molar-refractivity contribution in [3.8, 4) is 0 Å². The van der Waals surface area contributed by atoms with Crippen molar-refractivity contribution in [3.05, 3.63) is 29.8 Å². The van der Waals surface area contributed by atoms with Gasteiger partial charge in [-0.05, 0) is 44.9 Å². The van der Waals surface area contributed by atoms with E-state index in [1.54, 1.807) is 0 Å². The van der Waals surface area contributed by atoms with Crippen LogP contribution in [0.5, 0.6) is 0 Å². The SMILES string of the molecule is Cc1ccc(NC(=O)CSCC(=O)N[C@H]2CCN3CCCC[C@H]23)cc1. The number of amides is 2. The molecule has 0 aromatic heterocycles. The molecule has 136 valence electrons. The summed E-state index contributed by atoms with van der Waals surface area (Å²) in [6, 6.07) is 8.52. The first-order chi connectivity index (χ1) is 12.1. The molecule has 2 heterocycles. The Hall–Kier alpha value is -1.53. The van der Waals surface area contributed by atoms with Gasteiger partial charge in [-0.25, -0.2) is 0 Å². The van der Waals surface area contributed by atoms with Gasteiger partial charge in [0, 0.05) is 24.3 Å². The van der Waals surface area contributed by atoms with Crippen molar-refractivity contribution in [2.45, 2.75) is 44.7 Å². The van der Waals surface area contributed by atoms with E-state index < -0.39 is 0 Å². The fourth-order valence-corrected chi connectivity index (χ4v) is 4.36. The molecule has 2 amide bonds. The van der Waals surface area contributed by atoms with Crippen LogP contribution in [0.1, 0.15) is 31.2 Å². The highest BCUT2D eigenvalue weighted by Crippen LogP contribution is 2.27. The Morgan fingerprint density at radius 2 is 1.84 bits per heavy atom. The predicted octanol–water partition coefficient (Wildman–Crippen LogP) is 2.41. The van der Waals surface area contributed by atoms with Crippen molar-refractivity contribution in [3.63, 3.8) is 0 Å². The molecule has 2 atom stereocenters. The Labute approximate surface area is 153 Å². The fraction of sp³-hybridized carbons (Fsp3) is 0.579. The third-order valence-corrected chi connectivity index (χ3v) is 5.94. The minimum atomic E-state index is -0.0685. The quantitative estimate of drug-likeness (QED) is 0.817. The lowest BCUT2D eigenvalue weighted by molar-refractivity contribution is -0.119. The molecule has 1 aromatic rings. The smallest absolute Gasteiger partial charge is 0.234 e. The molecule has 0 bridgehead atoms. The van der Waals surface area contributed by atoms with Gasteiger partial charge in [0.15, 0.2) is 0 Å². The highest BCUT2D eigenvalue weighted by atomic mass is 32.2. The third-order valence-electron chi connectivity index (χ3n) is 5.00. The van der Waals surface area contributed by atoms with Crippen LogP contribution in [0.25, 0.3) is 0 Å². The number of benzene rings is 1. The van der Waals surface area contributed by atoms with Crippen LogP contribution < -0.4 is 10.6 Å². The van der Waals surface area contributed by atoms with Crippen LogP contribution >= 0.6 is 11.8 Å². The van der Waals surface area contributed by atoms with Crippen molar-refractivity contribution < 1.29 is 9.59 Å². The Morgan fingerprint density at radius 1 is 1.08 bits per heavy atom. The molecule has 2 aliphatic heterocycles. The average molecular weight is 362 g/mol. The lowest BCUT2D eigenvalue weighted by Crippen LogP contribution is -2.47. The van der Waals surface area contributed by atoms with Gasteiger partial charge in [-0.3, -0.25) is 14.5 Å². The molecule has 0 radical (unpaired) electrons. The summed E-state index contributed by atoms with van der Waals surface area (Å²) in [6.45, 7) is 4.28. The third kappa shape index (κ3) is 5.22. The van der Waals surface area contributed by atoms with Crippen molar-refractivity contribution in [2.75, 3.05) is 29.9 Å². The molecule has 0 saturated carbocycles. The van der Waals surface area contributed by atoms with Gasteiger partial charge >= 0.3 is 0 Å². The van der Waals surface area contributed by atoms with E-state index in [1.807, 2.05) is 31.2 Å². The van der Waals surface area contributed by atoms with Crippen molar-refractivity contribution in [1.29, 1.82) is 0 Å². The maximum absolute atomic E-state index is 12.2. The summed E-state index contributed by atoms with van der Waals surface area (Å²) in [6.07, 6.45) is 4.79. The summed E-state index contributed by atoms with van der Waals surface area (Å²) in [5, 5.41) is 6.03. The van der Waals surface area contributed by atoms with Crippen LogP contribution in [-0.4, -0.2) is 53.4 Å². The second-order valence-corrected chi connectivity index (χ2v) is 7.95. The lowest BCUT2D eigenvalue weighted by Gasteiger charge is -2.32. The van der Waals surface area contributed by atoms with E-state index in [1.165, 1.54) is 37.6 Å². The molecule has 6 heteroatoms. The zero-order chi connectivity index (χ0) is 17.6. The summed E-state index contributed by atoms with van der Waals surface area (Å²) in [5.41, 5.74) is 1.96. The number of piperidine rings is 1. The fourth-order valence-electron chi connectivity index (χ4n) is 3.73. The van der Waals surface area contributed by atoms with Crippen molar-refractivity contribution in [2.24, 2.45) is 0 Å². The number of hydrogen-bond donors (Lipinski definition) is 2. The van der Waals surface area contributed by atoms with Gasteiger partial charge in [-0.2, -0.15) is 0 Å². The number of nitrogens with zero attached hydrogens (tertiary/aromatic N) is 1. The molecule has 1 aromatic carbocycles. The van der Waals surface area contributed by atoms with Crippen LogP contribution in [0.2, 0.25) is 0 Å². The van der Waals surface area contributed by atoms with Gasteiger partial charge in [-0.15, -0.1) is 11.8 Å². The van der Waals surface area contributed by atoms with Gasteiger partial charge in [0.2, 0.25) is 11.8 Å². The summed E-state index contributed by atoms with van der Waals surface area (Å²) >= 11 is 1.37. The van der Waals surface area contributed by atoms with Gasteiger partial charge in [0.1, 0.15) is 0 Å². The standard InChI is InChI=1S/C19H27N3O2S/c1-14-5-7-15(8-6-14)20-18(23)12-25-13-19(24)21-16-9-11-22-10-3-2-4-17(16)22/h5-8,16-17H,2-4,9-13H2,1H3,(H,20,23)(H,21,24)/t16-,17+/m0/s1. The number of carbonyl (C=O) groups excluding carboxylic acids is 2. The number of thioether (sulfide) groups is 1. The molecule has 0 aliphatic carbocycles. The molecule has 0 unspecified atom stereocenters. The molecule has 2 aliphatic rings. The molecule has 5 nitrogen and oxygen atoms in total. The summed E-state index contributed by atoms with van der Waals surface area (Å²) in [7, 11) is 0. The Kier molecular flexibility index (Phi) is 6.37. The van der Waals surface area contributed by atoms with Crippen LogP contribution in [0.3, 0.4) is 0 Å². The van der Waals surface area contributed by atoms with E-state index in [2.05, 4.69) is 15.5 Å². The highest BCUT2D eigenvalue weighted by Gasteiger charge is 2.36. The minimum absolute atomic E-state index is 0.0468. The van der Waals surface area contributed by atoms with Crippen LogP contribution in [0.15, 0.2) is 24.3 Å². The molecule has 25 heavy (non-hydrogen) atoms. The van der Waals surface area contributed by atoms with Crippen molar-refractivity contribution >= 4 is 29.3 Å².